The second kappa shape index (κ2) is 16.1. The molecule has 0 radical (unpaired) electrons. The molecule has 1 aliphatic carbocycles. The zero-order valence-electron chi connectivity index (χ0n) is 22.1. The first kappa shape index (κ1) is 32.1. The molecule has 37 heavy (non-hydrogen) atoms. The molecule has 2 unspecified atom stereocenters. The Kier molecular flexibility index (Phi) is 14.0. The van der Waals surface area contributed by atoms with Crippen LogP contribution in [-0.4, -0.2) is 88.5 Å². The molecule has 0 spiro atoms. The Hall–Kier alpha value is -1.11. The van der Waals surface area contributed by atoms with Crippen molar-refractivity contribution in [3.05, 3.63) is 0 Å². The Labute approximate surface area is 227 Å². The van der Waals surface area contributed by atoms with Gasteiger partial charge < -0.3 is 20.8 Å². The van der Waals surface area contributed by atoms with Crippen LogP contribution in [0.3, 0.4) is 0 Å². The van der Waals surface area contributed by atoms with Crippen molar-refractivity contribution < 1.29 is 34.2 Å². The van der Waals surface area contributed by atoms with Crippen LogP contribution >= 0.6 is 21.6 Å². The van der Waals surface area contributed by atoms with Crippen LogP contribution in [0.2, 0.25) is 0 Å². The van der Waals surface area contributed by atoms with Gasteiger partial charge in [-0.05, 0) is 59.5 Å². The highest BCUT2D eigenvalue weighted by Gasteiger charge is 2.41. The maximum Gasteiger partial charge on any atom is 0.150 e. The summed E-state index contributed by atoms with van der Waals surface area (Å²) >= 11 is 0. The number of ketones is 5. The number of aliphatic hydroxyl groups is 2. The van der Waals surface area contributed by atoms with Gasteiger partial charge in [-0.2, -0.15) is 0 Å². The predicted molar refractivity (Wildman–Crippen MR) is 145 cm³/mol. The summed E-state index contributed by atoms with van der Waals surface area (Å²) in [7, 11) is 4.46. The van der Waals surface area contributed by atoms with Crippen molar-refractivity contribution in [3.63, 3.8) is 0 Å². The third-order valence-electron chi connectivity index (χ3n) is 7.40. The van der Waals surface area contributed by atoms with Gasteiger partial charge >= 0.3 is 0 Å². The Morgan fingerprint density at radius 2 is 1.92 bits per heavy atom. The first-order chi connectivity index (χ1) is 17.6. The predicted octanol–water partition coefficient (Wildman–Crippen LogP) is 1.52. The van der Waals surface area contributed by atoms with Crippen molar-refractivity contribution in [1.82, 2.24) is 10.6 Å². The van der Waals surface area contributed by atoms with Crippen molar-refractivity contribution in [3.8, 4) is 0 Å². The minimum absolute atomic E-state index is 0.00198. The molecule has 0 amide bonds. The van der Waals surface area contributed by atoms with Gasteiger partial charge in [0.25, 0.3) is 0 Å². The minimum Gasteiger partial charge on any atom is -0.396 e. The fourth-order valence-electron chi connectivity index (χ4n) is 4.85. The minimum atomic E-state index is -0.781. The van der Waals surface area contributed by atoms with E-state index < -0.39 is 34.5 Å². The maximum absolute atomic E-state index is 13.5. The topological polar surface area (TPSA) is 150 Å². The molecule has 4 N–H and O–H groups in total. The highest BCUT2D eigenvalue weighted by atomic mass is 33.1. The van der Waals surface area contributed by atoms with Crippen LogP contribution in [0, 0.1) is 17.8 Å². The van der Waals surface area contributed by atoms with E-state index >= 15 is 0 Å². The lowest BCUT2D eigenvalue weighted by Crippen LogP contribution is -2.40. The number of hydrogen-bond donors (Lipinski definition) is 4. The molecule has 7 atom stereocenters. The fourth-order valence-corrected chi connectivity index (χ4v) is 8.18. The Morgan fingerprint density at radius 3 is 2.49 bits per heavy atom. The highest BCUT2D eigenvalue weighted by Crippen LogP contribution is 2.45. The smallest absolute Gasteiger partial charge is 0.150 e. The maximum atomic E-state index is 13.5. The third-order valence-corrected chi connectivity index (χ3v) is 10.5. The number of carbonyl (C=O) groups is 5. The summed E-state index contributed by atoms with van der Waals surface area (Å²) < 4.78 is 0. The molecular formula is C26H42N2O7S2. The van der Waals surface area contributed by atoms with Crippen LogP contribution in [0.1, 0.15) is 65.2 Å². The van der Waals surface area contributed by atoms with Crippen molar-refractivity contribution in [1.29, 1.82) is 0 Å². The van der Waals surface area contributed by atoms with Crippen molar-refractivity contribution >= 4 is 50.5 Å². The van der Waals surface area contributed by atoms with E-state index in [1.807, 2.05) is 0 Å². The summed E-state index contributed by atoms with van der Waals surface area (Å²) in [5.41, 5.74) is 0. The van der Waals surface area contributed by atoms with Gasteiger partial charge in [0.1, 0.15) is 28.9 Å². The summed E-state index contributed by atoms with van der Waals surface area (Å²) in [6, 6.07) is -0.417. The quantitative estimate of drug-likeness (QED) is 0.204. The van der Waals surface area contributed by atoms with Crippen LogP contribution in [-0.2, 0) is 24.0 Å². The van der Waals surface area contributed by atoms with Gasteiger partial charge in [0.05, 0.1) is 29.2 Å². The highest BCUT2D eigenvalue weighted by molar-refractivity contribution is 8.77. The molecule has 1 saturated carbocycles. The second-order valence-corrected chi connectivity index (χ2v) is 13.0. The van der Waals surface area contributed by atoms with Crippen LogP contribution in [0.4, 0.5) is 0 Å². The second-order valence-electron chi connectivity index (χ2n) is 10.3. The molecule has 1 saturated heterocycles. The average Bonchev–Trinajstić information content (AvgIpc) is 3.23. The Balaban J connectivity index is 2.07. The zero-order valence-corrected chi connectivity index (χ0v) is 23.7. The average molecular weight is 559 g/mol. The Bertz CT molecular complexity index is 823. The van der Waals surface area contributed by atoms with Gasteiger partial charge in [-0.25, -0.2) is 0 Å². The molecule has 11 heteroatoms. The van der Waals surface area contributed by atoms with E-state index in [1.165, 1.54) is 28.5 Å². The fraction of sp³-hybridized carbons (Fsp3) is 0.808. The van der Waals surface area contributed by atoms with Gasteiger partial charge in [-0.15, -0.1) is 0 Å². The molecule has 1 aliphatic heterocycles. The summed E-state index contributed by atoms with van der Waals surface area (Å²) in [6.07, 6.45) is 2.04. The first-order valence-corrected chi connectivity index (χ1v) is 15.4. The van der Waals surface area contributed by atoms with E-state index in [-0.39, 0.29) is 67.2 Å². The van der Waals surface area contributed by atoms with E-state index in [9.17, 15) is 34.2 Å². The summed E-state index contributed by atoms with van der Waals surface area (Å²) in [4.78, 5) is 63.0. The van der Waals surface area contributed by atoms with Gasteiger partial charge in [-0.1, -0.05) is 21.6 Å². The summed E-state index contributed by atoms with van der Waals surface area (Å²) in [5, 5.41) is 24.7. The zero-order chi connectivity index (χ0) is 27.5. The lowest BCUT2D eigenvalue weighted by molar-refractivity contribution is -0.126. The van der Waals surface area contributed by atoms with E-state index in [0.29, 0.717) is 38.6 Å². The van der Waals surface area contributed by atoms with Crippen LogP contribution < -0.4 is 10.6 Å². The lowest BCUT2D eigenvalue weighted by atomic mass is 9.85. The normalized spacial score (nSPS) is 26.9. The van der Waals surface area contributed by atoms with Gasteiger partial charge in [0, 0.05) is 43.6 Å². The number of hydrogen-bond acceptors (Lipinski definition) is 11. The van der Waals surface area contributed by atoms with Crippen LogP contribution in [0.25, 0.3) is 0 Å². The number of rotatable bonds is 16. The van der Waals surface area contributed by atoms with Gasteiger partial charge in [-0.3, -0.25) is 24.0 Å². The lowest BCUT2D eigenvalue weighted by Gasteiger charge is -2.23. The standard InChI is InChI=1S/C26H42N2O7S2/c1-15(30)19(14-29)12-24-26(35)18(5-7-21(33)13-28-22(16(2)31)8-9-27-3)11-23(36-37-24)25(34)17-4-6-20(32)10-17/h15,17-19,22-24,27-30H,4-14H2,1-3H3/t15-,17+,18-,19-,22+,23?,24?/m1/s1. The van der Waals surface area contributed by atoms with Crippen molar-refractivity contribution in [2.45, 2.75) is 87.9 Å². The molecule has 0 aromatic rings. The molecule has 2 aliphatic rings. The van der Waals surface area contributed by atoms with E-state index in [4.69, 9.17) is 0 Å². The third kappa shape index (κ3) is 10.2. The molecule has 1 heterocycles. The van der Waals surface area contributed by atoms with Crippen LogP contribution in [0.5, 0.6) is 0 Å². The van der Waals surface area contributed by atoms with Crippen LogP contribution in [0.15, 0.2) is 0 Å². The number of carbonyl (C=O) groups excluding carboxylic acids is 5. The SMILES string of the molecule is CNCC[C@H](NCC(=O)CC[C@@H]1CC(C(=O)[C@H]2CCC(=O)C2)SSC(C[C@H](CO)[C@@H](C)O)C1=O)C(C)=O. The Morgan fingerprint density at radius 1 is 1.19 bits per heavy atom. The van der Waals surface area contributed by atoms with Gasteiger partial charge in [0.2, 0.25) is 0 Å². The molecule has 0 aromatic carbocycles. The molecule has 210 valence electrons. The van der Waals surface area contributed by atoms with Crippen molar-refractivity contribution in [2.75, 3.05) is 26.7 Å². The van der Waals surface area contributed by atoms with E-state index in [2.05, 4.69) is 10.6 Å². The van der Waals surface area contributed by atoms with Crippen molar-refractivity contribution in [2.24, 2.45) is 17.8 Å². The van der Waals surface area contributed by atoms with E-state index in [1.54, 1.807) is 14.0 Å². The molecule has 9 nitrogen and oxygen atoms in total. The molecule has 0 aromatic heterocycles. The first-order valence-electron chi connectivity index (χ1n) is 13.2. The molecule has 2 fully saturated rings. The largest absolute Gasteiger partial charge is 0.396 e. The molecular weight excluding hydrogens is 516 g/mol. The number of Topliss-reactive ketones (excluding diaryl/α,β-unsaturated/α-hetero) is 5. The molecule has 0 bridgehead atoms. The monoisotopic (exact) mass is 558 g/mol. The summed E-state index contributed by atoms with van der Waals surface area (Å²) in [6.45, 7) is 3.49. The van der Waals surface area contributed by atoms with Gasteiger partial charge in [0.15, 0.2) is 0 Å². The number of aliphatic hydroxyl groups excluding tert-OH is 2. The molecule has 2 rings (SSSR count). The summed E-state index contributed by atoms with van der Waals surface area (Å²) in [5.74, 6) is -1.41. The number of nitrogens with one attached hydrogen (secondary N) is 2. The van der Waals surface area contributed by atoms with E-state index in [0.717, 1.165) is 0 Å².